The summed E-state index contributed by atoms with van der Waals surface area (Å²) in [5, 5.41) is 7.43. The van der Waals surface area contributed by atoms with Crippen LogP contribution in [0.25, 0.3) is 0 Å². The van der Waals surface area contributed by atoms with Crippen LogP contribution < -0.4 is 20.7 Å². The Labute approximate surface area is 168 Å². The van der Waals surface area contributed by atoms with Crippen molar-refractivity contribution in [1.29, 1.82) is 0 Å². The van der Waals surface area contributed by atoms with Gasteiger partial charge in [0.15, 0.2) is 6.61 Å². The number of imide groups is 1. The number of esters is 1. The van der Waals surface area contributed by atoms with Crippen molar-refractivity contribution in [2.75, 3.05) is 25.1 Å². The summed E-state index contributed by atoms with van der Waals surface area (Å²) < 4.78 is 10.4. The molecule has 1 aromatic heterocycles. The van der Waals surface area contributed by atoms with Crippen LogP contribution in [0.3, 0.4) is 0 Å². The van der Waals surface area contributed by atoms with E-state index < -0.39 is 24.5 Å². The van der Waals surface area contributed by atoms with E-state index in [1.54, 1.807) is 30.3 Å². The van der Waals surface area contributed by atoms with Gasteiger partial charge in [0.1, 0.15) is 17.1 Å². The van der Waals surface area contributed by atoms with Crippen molar-refractivity contribution in [2.24, 2.45) is 0 Å². The SMILES string of the molecule is C=CCNC(=O)NC(=O)COC(=O)c1cccnc1Nc1ccc(OCC)cc1. The molecule has 0 aliphatic rings. The fourth-order valence-electron chi connectivity index (χ4n) is 2.19. The summed E-state index contributed by atoms with van der Waals surface area (Å²) in [5.74, 6) is -0.523. The van der Waals surface area contributed by atoms with Gasteiger partial charge in [-0.25, -0.2) is 14.6 Å². The second kappa shape index (κ2) is 11.1. The molecule has 3 N–H and O–H groups in total. The zero-order chi connectivity index (χ0) is 21.1. The topological polar surface area (TPSA) is 119 Å². The number of ether oxygens (including phenoxy) is 2. The van der Waals surface area contributed by atoms with Crippen LogP contribution in [0.4, 0.5) is 16.3 Å². The first-order valence-corrected chi connectivity index (χ1v) is 8.84. The van der Waals surface area contributed by atoms with E-state index in [0.29, 0.717) is 12.3 Å². The number of pyridine rings is 1. The third-order valence-corrected chi connectivity index (χ3v) is 3.45. The van der Waals surface area contributed by atoms with Crippen molar-refractivity contribution in [3.63, 3.8) is 0 Å². The van der Waals surface area contributed by atoms with E-state index in [1.807, 2.05) is 12.2 Å². The number of benzene rings is 1. The van der Waals surface area contributed by atoms with Crippen LogP contribution in [-0.2, 0) is 9.53 Å². The van der Waals surface area contributed by atoms with Gasteiger partial charge in [0.05, 0.1) is 6.61 Å². The summed E-state index contributed by atoms with van der Waals surface area (Å²) in [7, 11) is 0. The monoisotopic (exact) mass is 398 g/mol. The summed E-state index contributed by atoms with van der Waals surface area (Å²) in [5.41, 5.74) is 0.836. The smallest absolute Gasteiger partial charge is 0.342 e. The van der Waals surface area contributed by atoms with Crippen molar-refractivity contribution in [3.8, 4) is 5.75 Å². The van der Waals surface area contributed by atoms with Gasteiger partial charge in [-0.2, -0.15) is 0 Å². The summed E-state index contributed by atoms with van der Waals surface area (Å²) in [6, 6.07) is 9.52. The first-order chi connectivity index (χ1) is 14.0. The van der Waals surface area contributed by atoms with Gasteiger partial charge in [-0.1, -0.05) is 6.08 Å². The number of carbonyl (C=O) groups excluding carboxylic acids is 3. The van der Waals surface area contributed by atoms with Crippen LogP contribution in [0.2, 0.25) is 0 Å². The largest absolute Gasteiger partial charge is 0.494 e. The second-order valence-electron chi connectivity index (χ2n) is 5.60. The van der Waals surface area contributed by atoms with Gasteiger partial charge in [-0.15, -0.1) is 6.58 Å². The van der Waals surface area contributed by atoms with Gasteiger partial charge >= 0.3 is 12.0 Å². The Hall–Kier alpha value is -3.88. The average Bonchev–Trinajstić information content (AvgIpc) is 2.72. The molecule has 0 aliphatic carbocycles. The number of hydrogen-bond acceptors (Lipinski definition) is 7. The molecule has 0 radical (unpaired) electrons. The quantitative estimate of drug-likeness (QED) is 0.438. The average molecular weight is 398 g/mol. The molecule has 0 saturated carbocycles. The molecule has 29 heavy (non-hydrogen) atoms. The van der Waals surface area contributed by atoms with Gasteiger partial charge in [0, 0.05) is 18.4 Å². The Kier molecular flexibility index (Phi) is 8.18. The molecular weight excluding hydrogens is 376 g/mol. The fraction of sp³-hybridized carbons (Fsp3) is 0.200. The molecule has 2 aromatic rings. The molecule has 152 valence electrons. The number of nitrogens with one attached hydrogen (secondary N) is 3. The minimum Gasteiger partial charge on any atom is -0.494 e. The van der Waals surface area contributed by atoms with Crippen LogP contribution in [0.15, 0.2) is 55.3 Å². The van der Waals surface area contributed by atoms with Gasteiger partial charge in [-0.3, -0.25) is 10.1 Å². The molecule has 0 unspecified atom stereocenters. The van der Waals surface area contributed by atoms with Crippen LogP contribution in [-0.4, -0.2) is 42.7 Å². The molecule has 0 bridgehead atoms. The lowest BCUT2D eigenvalue weighted by Crippen LogP contribution is -2.41. The van der Waals surface area contributed by atoms with E-state index >= 15 is 0 Å². The van der Waals surface area contributed by atoms with E-state index in [0.717, 1.165) is 5.75 Å². The van der Waals surface area contributed by atoms with E-state index in [-0.39, 0.29) is 17.9 Å². The maximum atomic E-state index is 12.3. The molecule has 3 amide bonds. The lowest BCUT2D eigenvalue weighted by atomic mass is 10.2. The molecule has 9 nitrogen and oxygen atoms in total. The zero-order valence-electron chi connectivity index (χ0n) is 15.9. The van der Waals surface area contributed by atoms with Gasteiger partial charge in [0.25, 0.3) is 5.91 Å². The lowest BCUT2D eigenvalue weighted by Gasteiger charge is -2.11. The number of urea groups is 1. The number of rotatable bonds is 9. The van der Waals surface area contributed by atoms with Crippen LogP contribution in [0.1, 0.15) is 17.3 Å². The Morgan fingerprint density at radius 2 is 1.93 bits per heavy atom. The number of aromatic nitrogens is 1. The Morgan fingerprint density at radius 1 is 1.17 bits per heavy atom. The van der Waals surface area contributed by atoms with Crippen LogP contribution >= 0.6 is 0 Å². The minimum atomic E-state index is -0.759. The van der Waals surface area contributed by atoms with Gasteiger partial charge in [0.2, 0.25) is 0 Å². The highest BCUT2D eigenvalue weighted by Crippen LogP contribution is 2.21. The highest BCUT2D eigenvalue weighted by atomic mass is 16.5. The highest BCUT2D eigenvalue weighted by molar-refractivity contribution is 5.99. The molecule has 0 fully saturated rings. The normalized spacial score (nSPS) is 9.83. The molecule has 0 aliphatic heterocycles. The van der Waals surface area contributed by atoms with Crippen LogP contribution in [0, 0.1) is 0 Å². The minimum absolute atomic E-state index is 0.144. The van der Waals surface area contributed by atoms with Crippen molar-refractivity contribution in [1.82, 2.24) is 15.6 Å². The zero-order valence-corrected chi connectivity index (χ0v) is 15.9. The van der Waals surface area contributed by atoms with E-state index in [4.69, 9.17) is 9.47 Å². The molecule has 1 heterocycles. The summed E-state index contributed by atoms with van der Waals surface area (Å²) in [6.07, 6.45) is 2.98. The third-order valence-electron chi connectivity index (χ3n) is 3.45. The standard InChI is InChI=1S/C20H22N4O5/c1-3-11-22-20(27)24-17(25)13-29-19(26)16-6-5-12-21-18(16)23-14-7-9-15(10-8-14)28-4-2/h3,5-10,12H,1,4,11,13H2,2H3,(H,21,23)(H2,22,24,25,27). The first-order valence-electron chi connectivity index (χ1n) is 8.84. The van der Waals surface area contributed by atoms with Crippen LogP contribution in [0.5, 0.6) is 5.75 Å². The summed E-state index contributed by atoms with van der Waals surface area (Å²) >= 11 is 0. The molecule has 1 aromatic carbocycles. The van der Waals surface area contributed by atoms with Crippen molar-refractivity contribution in [3.05, 3.63) is 60.8 Å². The van der Waals surface area contributed by atoms with Gasteiger partial charge in [-0.05, 0) is 43.3 Å². The predicted octanol–water partition coefficient (Wildman–Crippen LogP) is 2.39. The maximum absolute atomic E-state index is 12.3. The van der Waals surface area contributed by atoms with E-state index in [9.17, 15) is 14.4 Å². The number of hydrogen-bond donors (Lipinski definition) is 3. The third kappa shape index (κ3) is 6.98. The fourth-order valence-corrected chi connectivity index (χ4v) is 2.19. The molecular formula is C20H22N4O5. The molecule has 2 rings (SSSR count). The summed E-state index contributed by atoms with van der Waals surface area (Å²) in [6.45, 7) is 5.49. The van der Waals surface area contributed by atoms with E-state index in [2.05, 4.69) is 22.2 Å². The molecule has 9 heteroatoms. The second-order valence-corrected chi connectivity index (χ2v) is 5.60. The van der Waals surface area contributed by atoms with Crippen molar-refractivity contribution < 1.29 is 23.9 Å². The summed E-state index contributed by atoms with van der Waals surface area (Å²) in [4.78, 5) is 39.6. The number of nitrogens with zero attached hydrogens (tertiary/aromatic N) is 1. The van der Waals surface area contributed by atoms with E-state index in [1.165, 1.54) is 18.3 Å². The Bertz CT molecular complexity index is 867. The van der Waals surface area contributed by atoms with Crippen molar-refractivity contribution in [2.45, 2.75) is 6.92 Å². The van der Waals surface area contributed by atoms with Crippen molar-refractivity contribution >= 4 is 29.4 Å². The number of amides is 3. The maximum Gasteiger partial charge on any atom is 0.342 e. The molecule has 0 saturated heterocycles. The number of carbonyl (C=O) groups is 3. The lowest BCUT2D eigenvalue weighted by molar-refractivity contribution is -0.123. The Balaban J connectivity index is 1.96. The molecule has 0 spiro atoms. The number of anilines is 2. The Morgan fingerprint density at radius 3 is 2.62 bits per heavy atom. The molecule has 0 atom stereocenters. The highest BCUT2D eigenvalue weighted by Gasteiger charge is 2.16. The first kappa shape index (κ1) is 21.4. The predicted molar refractivity (Wildman–Crippen MR) is 107 cm³/mol. The van der Waals surface area contributed by atoms with Gasteiger partial charge < -0.3 is 20.1 Å².